The average Bonchev–Trinajstić information content (AvgIpc) is 2.67. The molecular formula is C22H28FNO2. The summed E-state index contributed by atoms with van der Waals surface area (Å²) in [7, 11) is 0. The first-order chi connectivity index (χ1) is 12.7. The van der Waals surface area contributed by atoms with Crippen molar-refractivity contribution < 1.29 is 13.9 Å². The molecule has 0 aliphatic heterocycles. The third-order valence-corrected chi connectivity index (χ3v) is 4.41. The molecule has 0 spiro atoms. The van der Waals surface area contributed by atoms with E-state index in [1.807, 2.05) is 0 Å². The van der Waals surface area contributed by atoms with Crippen molar-refractivity contribution in [3.8, 4) is 17.0 Å². The van der Waals surface area contributed by atoms with Crippen molar-refractivity contribution in [2.45, 2.75) is 58.3 Å². The third kappa shape index (κ3) is 6.58. The lowest BCUT2D eigenvalue weighted by Gasteiger charge is -2.08. The Morgan fingerprint density at radius 3 is 2.35 bits per heavy atom. The number of pyridine rings is 1. The predicted octanol–water partition coefficient (Wildman–Crippen LogP) is 6.22. The van der Waals surface area contributed by atoms with Gasteiger partial charge in [0.2, 0.25) is 0 Å². The van der Waals surface area contributed by atoms with Crippen LogP contribution >= 0.6 is 0 Å². The Bertz CT molecular complexity index is 670. The van der Waals surface area contributed by atoms with Crippen LogP contribution in [-0.4, -0.2) is 17.9 Å². The molecule has 2 rings (SSSR count). The minimum absolute atomic E-state index is 0.371. The van der Waals surface area contributed by atoms with E-state index in [1.165, 1.54) is 50.8 Å². The first-order valence-electron chi connectivity index (χ1n) is 9.58. The zero-order valence-electron chi connectivity index (χ0n) is 15.5. The Kier molecular flexibility index (Phi) is 8.81. The SMILES string of the molecule is CCCCCCCCCCOc1ccc(-c2ccc(C=O)cn2)c(F)c1. The smallest absolute Gasteiger partial charge is 0.151 e. The molecule has 3 nitrogen and oxygen atoms in total. The quantitative estimate of drug-likeness (QED) is 0.334. The number of unbranched alkanes of at least 4 members (excludes halogenated alkanes) is 7. The number of carbonyl (C=O) groups excluding carboxylic acids is 1. The van der Waals surface area contributed by atoms with E-state index in [4.69, 9.17) is 4.74 Å². The number of benzene rings is 1. The highest BCUT2D eigenvalue weighted by Crippen LogP contribution is 2.25. The number of ether oxygens (including phenoxy) is 1. The second kappa shape index (κ2) is 11.4. The largest absolute Gasteiger partial charge is 0.493 e. The molecule has 0 bridgehead atoms. The number of aldehydes is 1. The molecule has 1 aromatic heterocycles. The van der Waals surface area contributed by atoms with E-state index in [9.17, 15) is 9.18 Å². The number of carbonyl (C=O) groups is 1. The molecule has 2 aromatic rings. The van der Waals surface area contributed by atoms with Gasteiger partial charge in [-0.3, -0.25) is 9.78 Å². The molecule has 1 heterocycles. The number of rotatable bonds is 12. The van der Waals surface area contributed by atoms with Gasteiger partial charge in [0, 0.05) is 23.4 Å². The van der Waals surface area contributed by atoms with Crippen molar-refractivity contribution in [2.75, 3.05) is 6.61 Å². The Morgan fingerprint density at radius 2 is 1.73 bits per heavy atom. The molecule has 0 aliphatic carbocycles. The molecule has 4 heteroatoms. The Hall–Kier alpha value is -2.23. The monoisotopic (exact) mass is 357 g/mol. The van der Waals surface area contributed by atoms with Gasteiger partial charge in [0.1, 0.15) is 11.6 Å². The minimum Gasteiger partial charge on any atom is -0.493 e. The van der Waals surface area contributed by atoms with Gasteiger partial charge in [-0.15, -0.1) is 0 Å². The fourth-order valence-corrected chi connectivity index (χ4v) is 2.85. The van der Waals surface area contributed by atoms with Crippen LogP contribution in [0, 0.1) is 5.82 Å². The molecular weight excluding hydrogens is 329 g/mol. The van der Waals surface area contributed by atoms with Crippen LogP contribution in [0.3, 0.4) is 0 Å². The van der Waals surface area contributed by atoms with Crippen LogP contribution in [0.15, 0.2) is 36.5 Å². The summed E-state index contributed by atoms with van der Waals surface area (Å²) < 4.78 is 20.0. The van der Waals surface area contributed by atoms with Crippen molar-refractivity contribution >= 4 is 6.29 Å². The van der Waals surface area contributed by atoms with E-state index in [0.717, 1.165) is 19.1 Å². The minimum atomic E-state index is -0.371. The number of aromatic nitrogens is 1. The standard InChI is InChI=1S/C22H28FNO2/c1-2-3-4-5-6-7-8-9-14-26-19-11-12-20(21(23)15-19)22-13-10-18(17-25)16-24-22/h10-13,15-17H,2-9,14H2,1H3. The van der Waals surface area contributed by atoms with Gasteiger partial charge in [-0.25, -0.2) is 4.39 Å². The van der Waals surface area contributed by atoms with E-state index in [1.54, 1.807) is 24.3 Å². The second-order valence-electron chi connectivity index (χ2n) is 6.56. The molecule has 1 aromatic carbocycles. The molecule has 0 N–H and O–H groups in total. The van der Waals surface area contributed by atoms with Crippen LogP contribution in [0.25, 0.3) is 11.3 Å². The van der Waals surface area contributed by atoms with Crippen LogP contribution in [-0.2, 0) is 0 Å². The lowest BCUT2D eigenvalue weighted by molar-refractivity contribution is 0.112. The highest BCUT2D eigenvalue weighted by atomic mass is 19.1. The van der Waals surface area contributed by atoms with Crippen molar-refractivity contribution in [3.05, 3.63) is 47.9 Å². The molecule has 26 heavy (non-hydrogen) atoms. The molecule has 0 aliphatic rings. The number of hydrogen-bond acceptors (Lipinski definition) is 3. The Labute approximate surface area is 155 Å². The van der Waals surface area contributed by atoms with E-state index in [-0.39, 0.29) is 5.82 Å². The van der Waals surface area contributed by atoms with Gasteiger partial charge in [0.25, 0.3) is 0 Å². The van der Waals surface area contributed by atoms with E-state index < -0.39 is 0 Å². The Morgan fingerprint density at radius 1 is 1.00 bits per heavy atom. The fraction of sp³-hybridized carbons (Fsp3) is 0.455. The highest BCUT2D eigenvalue weighted by molar-refractivity contribution is 5.75. The lowest BCUT2D eigenvalue weighted by atomic mass is 10.1. The van der Waals surface area contributed by atoms with Crippen molar-refractivity contribution in [1.29, 1.82) is 0 Å². The first-order valence-corrected chi connectivity index (χ1v) is 9.58. The summed E-state index contributed by atoms with van der Waals surface area (Å²) in [5.41, 5.74) is 1.38. The maximum atomic E-state index is 14.3. The molecule has 140 valence electrons. The number of hydrogen-bond donors (Lipinski definition) is 0. The normalized spacial score (nSPS) is 10.7. The van der Waals surface area contributed by atoms with Gasteiger partial charge in [0.15, 0.2) is 6.29 Å². The van der Waals surface area contributed by atoms with E-state index in [0.29, 0.717) is 29.2 Å². The fourth-order valence-electron chi connectivity index (χ4n) is 2.85. The predicted molar refractivity (Wildman–Crippen MR) is 103 cm³/mol. The highest BCUT2D eigenvalue weighted by Gasteiger charge is 2.08. The summed E-state index contributed by atoms with van der Waals surface area (Å²) in [4.78, 5) is 14.8. The molecule has 0 unspecified atom stereocenters. The zero-order valence-corrected chi connectivity index (χ0v) is 15.5. The van der Waals surface area contributed by atoms with Gasteiger partial charge in [-0.1, -0.05) is 51.9 Å². The molecule has 0 saturated carbocycles. The van der Waals surface area contributed by atoms with Gasteiger partial charge < -0.3 is 4.74 Å². The van der Waals surface area contributed by atoms with E-state index >= 15 is 0 Å². The summed E-state index contributed by atoms with van der Waals surface area (Å²) in [6.07, 6.45) is 12.1. The van der Waals surface area contributed by atoms with Crippen molar-refractivity contribution in [2.24, 2.45) is 0 Å². The summed E-state index contributed by atoms with van der Waals surface area (Å²) in [6.45, 7) is 2.84. The Balaban J connectivity index is 1.74. The van der Waals surface area contributed by atoms with Crippen LogP contribution in [0.4, 0.5) is 4.39 Å². The summed E-state index contributed by atoms with van der Waals surface area (Å²) in [5.74, 6) is 0.170. The summed E-state index contributed by atoms with van der Waals surface area (Å²) in [5, 5.41) is 0. The van der Waals surface area contributed by atoms with Crippen LogP contribution in [0.1, 0.15) is 68.6 Å². The molecule has 0 amide bonds. The second-order valence-corrected chi connectivity index (χ2v) is 6.56. The van der Waals surface area contributed by atoms with Gasteiger partial charge in [0.05, 0.1) is 12.3 Å². The van der Waals surface area contributed by atoms with Gasteiger partial charge >= 0.3 is 0 Å². The topological polar surface area (TPSA) is 39.2 Å². The molecule has 0 radical (unpaired) electrons. The first kappa shape index (κ1) is 20.1. The average molecular weight is 357 g/mol. The van der Waals surface area contributed by atoms with Crippen LogP contribution in [0.5, 0.6) is 5.75 Å². The number of halogens is 1. The van der Waals surface area contributed by atoms with Gasteiger partial charge in [-0.05, 0) is 30.7 Å². The summed E-state index contributed by atoms with van der Waals surface area (Å²) >= 11 is 0. The lowest BCUT2D eigenvalue weighted by Crippen LogP contribution is -1.98. The van der Waals surface area contributed by atoms with Gasteiger partial charge in [-0.2, -0.15) is 0 Å². The summed E-state index contributed by atoms with van der Waals surface area (Å²) in [6, 6.07) is 8.10. The maximum absolute atomic E-state index is 14.3. The van der Waals surface area contributed by atoms with Crippen LogP contribution in [0.2, 0.25) is 0 Å². The molecule has 0 atom stereocenters. The zero-order chi connectivity index (χ0) is 18.6. The van der Waals surface area contributed by atoms with Crippen molar-refractivity contribution in [1.82, 2.24) is 4.98 Å². The van der Waals surface area contributed by atoms with E-state index in [2.05, 4.69) is 11.9 Å². The third-order valence-electron chi connectivity index (χ3n) is 4.41. The molecule has 0 fully saturated rings. The maximum Gasteiger partial charge on any atom is 0.151 e. The van der Waals surface area contributed by atoms with Crippen molar-refractivity contribution in [3.63, 3.8) is 0 Å². The number of nitrogens with zero attached hydrogens (tertiary/aromatic N) is 1. The van der Waals surface area contributed by atoms with Crippen LogP contribution < -0.4 is 4.74 Å². The molecule has 0 saturated heterocycles.